The molecule has 0 unspecified atom stereocenters. The highest BCUT2D eigenvalue weighted by Gasteiger charge is 2.45. The molecule has 0 N–H and O–H groups in total. The van der Waals surface area contributed by atoms with Gasteiger partial charge in [-0.25, -0.2) is 0 Å². The molecule has 1 aliphatic heterocycles. The Morgan fingerprint density at radius 2 is 1.97 bits per heavy atom. The van der Waals surface area contributed by atoms with Crippen LogP contribution in [0.5, 0.6) is 5.75 Å². The first-order valence-corrected chi connectivity index (χ1v) is 12.0. The number of nitrogens with zero attached hydrogens (tertiary/aromatic N) is 2. The van der Waals surface area contributed by atoms with Crippen molar-refractivity contribution in [3.8, 4) is 5.75 Å². The SMILES string of the molecule is COc1ccc(C2(C(=O)N3CCOC[C@H](Cc4ccc5ncccc5c4)C3)CCCC2)cc1. The summed E-state index contributed by atoms with van der Waals surface area (Å²) in [6.45, 7) is 2.68. The smallest absolute Gasteiger partial charge is 0.233 e. The maximum atomic E-state index is 14.0. The second-order valence-electron chi connectivity index (χ2n) is 9.44. The quantitative estimate of drug-likeness (QED) is 0.569. The van der Waals surface area contributed by atoms with Gasteiger partial charge < -0.3 is 14.4 Å². The van der Waals surface area contributed by atoms with Crippen molar-refractivity contribution in [3.63, 3.8) is 0 Å². The highest BCUT2D eigenvalue weighted by molar-refractivity contribution is 5.89. The summed E-state index contributed by atoms with van der Waals surface area (Å²) >= 11 is 0. The molecule has 3 aromatic rings. The normalized spacial score (nSPS) is 20.5. The zero-order valence-electron chi connectivity index (χ0n) is 19.3. The van der Waals surface area contributed by atoms with Crippen LogP contribution in [-0.2, 0) is 21.4 Å². The zero-order valence-corrected chi connectivity index (χ0v) is 19.3. The van der Waals surface area contributed by atoms with Crippen LogP contribution >= 0.6 is 0 Å². The molecule has 1 saturated heterocycles. The average Bonchev–Trinajstić information content (AvgIpc) is 3.25. The molecule has 1 amide bonds. The fourth-order valence-electron chi connectivity index (χ4n) is 5.59. The Morgan fingerprint density at radius 3 is 2.76 bits per heavy atom. The topological polar surface area (TPSA) is 51.7 Å². The molecule has 5 nitrogen and oxygen atoms in total. The summed E-state index contributed by atoms with van der Waals surface area (Å²) in [6.07, 6.45) is 6.74. The van der Waals surface area contributed by atoms with Gasteiger partial charge in [0.1, 0.15) is 5.75 Å². The van der Waals surface area contributed by atoms with Gasteiger partial charge in [0.25, 0.3) is 0 Å². The van der Waals surface area contributed by atoms with E-state index in [1.54, 1.807) is 7.11 Å². The van der Waals surface area contributed by atoms with Crippen LogP contribution in [0.4, 0.5) is 0 Å². The van der Waals surface area contributed by atoms with E-state index in [0.29, 0.717) is 19.8 Å². The predicted octanol–water partition coefficient (Wildman–Crippen LogP) is 4.77. The number of rotatable bonds is 5. The molecule has 0 spiro atoms. The van der Waals surface area contributed by atoms with Gasteiger partial charge in [0.2, 0.25) is 5.91 Å². The fourth-order valence-corrected chi connectivity index (χ4v) is 5.59. The van der Waals surface area contributed by atoms with Gasteiger partial charge in [-0.15, -0.1) is 0 Å². The van der Waals surface area contributed by atoms with E-state index in [0.717, 1.165) is 60.9 Å². The lowest BCUT2D eigenvalue weighted by atomic mass is 9.77. The van der Waals surface area contributed by atoms with E-state index in [1.807, 2.05) is 24.4 Å². The highest BCUT2D eigenvalue weighted by Crippen LogP contribution is 2.43. The van der Waals surface area contributed by atoms with Crippen LogP contribution in [0, 0.1) is 5.92 Å². The number of aromatic nitrogens is 1. The molecule has 1 aromatic heterocycles. The number of hydrogen-bond donors (Lipinski definition) is 0. The first kappa shape index (κ1) is 21.9. The number of ether oxygens (including phenoxy) is 2. The lowest BCUT2D eigenvalue weighted by molar-refractivity contribution is -0.137. The van der Waals surface area contributed by atoms with Gasteiger partial charge >= 0.3 is 0 Å². The molecule has 172 valence electrons. The molecular formula is C28H32N2O3. The van der Waals surface area contributed by atoms with Crippen LogP contribution < -0.4 is 4.74 Å². The summed E-state index contributed by atoms with van der Waals surface area (Å²) < 4.78 is 11.3. The molecule has 33 heavy (non-hydrogen) atoms. The van der Waals surface area contributed by atoms with E-state index in [2.05, 4.69) is 46.3 Å². The van der Waals surface area contributed by atoms with Gasteiger partial charge in [-0.1, -0.05) is 37.1 Å². The summed E-state index contributed by atoms with van der Waals surface area (Å²) in [4.78, 5) is 20.5. The van der Waals surface area contributed by atoms with Crippen molar-refractivity contribution in [2.75, 3.05) is 33.4 Å². The van der Waals surface area contributed by atoms with Crippen molar-refractivity contribution in [3.05, 3.63) is 71.9 Å². The number of methoxy groups -OCH3 is 1. The summed E-state index contributed by atoms with van der Waals surface area (Å²) in [5.41, 5.74) is 2.98. The number of benzene rings is 2. The fraction of sp³-hybridized carbons (Fsp3) is 0.429. The Bertz CT molecular complexity index is 1110. The van der Waals surface area contributed by atoms with Crippen LogP contribution in [0.1, 0.15) is 36.8 Å². The molecule has 2 aliphatic rings. The van der Waals surface area contributed by atoms with Crippen LogP contribution in [-0.4, -0.2) is 49.2 Å². The third-order valence-corrected chi connectivity index (χ3v) is 7.33. The number of hydrogen-bond acceptors (Lipinski definition) is 4. The summed E-state index contributed by atoms with van der Waals surface area (Å²) in [6, 6.07) is 18.6. The molecule has 2 fully saturated rings. The van der Waals surface area contributed by atoms with Crippen LogP contribution in [0.25, 0.3) is 10.9 Å². The van der Waals surface area contributed by atoms with E-state index in [4.69, 9.17) is 9.47 Å². The molecule has 0 radical (unpaired) electrons. The largest absolute Gasteiger partial charge is 0.497 e. The molecule has 5 rings (SSSR count). The van der Waals surface area contributed by atoms with Crippen molar-refractivity contribution in [2.45, 2.75) is 37.5 Å². The van der Waals surface area contributed by atoms with Gasteiger partial charge in [-0.3, -0.25) is 9.78 Å². The summed E-state index contributed by atoms with van der Waals surface area (Å²) in [7, 11) is 1.68. The standard InChI is InChI=1S/C28H32N2O3/c1-32-25-9-7-24(8-10-25)28(12-2-3-13-28)27(31)30-15-16-33-20-22(19-30)17-21-6-11-26-23(18-21)5-4-14-29-26/h4-11,14,18,22H,2-3,12-13,15-17,19-20H2,1H3/t22-/m1/s1. The van der Waals surface area contributed by atoms with E-state index in [1.165, 1.54) is 5.56 Å². The molecule has 0 bridgehead atoms. The monoisotopic (exact) mass is 444 g/mol. The van der Waals surface area contributed by atoms with Crippen molar-refractivity contribution in [1.29, 1.82) is 0 Å². The zero-order chi connectivity index (χ0) is 22.7. The maximum absolute atomic E-state index is 14.0. The first-order valence-electron chi connectivity index (χ1n) is 12.0. The maximum Gasteiger partial charge on any atom is 0.233 e. The number of fused-ring (bicyclic) bond motifs is 1. The van der Waals surface area contributed by atoms with Crippen LogP contribution in [0.3, 0.4) is 0 Å². The first-order chi connectivity index (χ1) is 16.2. The molecule has 1 aliphatic carbocycles. The third kappa shape index (κ3) is 4.47. The number of carbonyl (C=O) groups excluding carboxylic acids is 1. The van der Waals surface area contributed by atoms with Crippen molar-refractivity contribution in [2.24, 2.45) is 5.92 Å². The Morgan fingerprint density at radius 1 is 1.15 bits per heavy atom. The lowest BCUT2D eigenvalue weighted by Crippen LogP contribution is -2.47. The van der Waals surface area contributed by atoms with Gasteiger partial charge in [-0.05, 0) is 60.7 Å². The minimum absolute atomic E-state index is 0.267. The Kier molecular flexibility index (Phi) is 6.32. The van der Waals surface area contributed by atoms with E-state index in [-0.39, 0.29) is 11.8 Å². The van der Waals surface area contributed by atoms with Gasteiger partial charge in [0.15, 0.2) is 0 Å². The van der Waals surface area contributed by atoms with Crippen LogP contribution in [0.15, 0.2) is 60.8 Å². The molecule has 5 heteroatoms. The second kappa shape index (κ2) is 9.52. The Labute approximate surface area is 195 Å². The van der Waals surface area contributed by atoms with Crippen molar-refractivity contribution < 1.29 is 14.3 Å². The molecule has 1 atom stereocenters. The Balaban J connectivity index is 1.36. The molecule has 2 aromatic carbocycles. The lowest BCUT2D eigenvalue weighted by Gasteiger charge is -2.35. The third-order valence-electron chi connectivity index (χ3n) is 7.33. The van der Waals surface area contributed by atoms with Crippen molar-refractivity contribution >= 4 is 16.8 Å². The average molecular weight is 445 g/mol. The minimum atomic E-state index is -0.421. The second-order valence-corrected chi connectivity index (χ2v) is 9.44. The minimum Gasteiger partial charge on any atom is -0.497 e. The highest BCUT2D eigenvalue weighted by atomic mass is 16.5. The van der Waals surface area contributed by atoms with Crippen molar-refractivity contribution in [1.82, 2.24) is 9.88 Å². The molecule has 2 heterocycles. The summed E-state index contributed by atoms with van der Waals surface area (Å²) in [5.74, 6) is 1.37. The predicted molar refractivity (Wildman–Crippen MR) is 129 cm³/mol. The molecule has 1 saturated carbocycles. The van der Waals surface area contributed by atoms with Gasteiger partial charge in [0.05, 0.1) is 31.3 Å². The molecular weight excluding hydrogens is 412 g/mol. The van der Waals surface area contributed by atoms with Gasteiger partial charge in [0, 0.05) is 30.6 Å². The van der Waals surface area contributed by atoms with E-state index in [9.17, 15) is 4.79 Å². The number of pyridine rings is 1. The van der Waals surface area contributed by atoms with Gasteiger partial charge in [-0.2, -0.15) is 0 Å². The van der Waals surface area contributed by atoms with Crippen LogP contribution in [0.2, 0.25) is 0 Å². The Hall–Kier alpha value is -2.92. The number of amides is 1. The number of carbonyl (C=O) groups is 1. The van der Waals surface area contributed by atoms with E-state index < -0.39 is 5.41 Å². The summed E-state index contributed by atoms with van der Waals surface area (Å²) in [5, 5.41) is 1.15. The van der Waals surface area contributed by atoms with E-state index >= 15 is 0 Å².